The minimum Gasteiger partial charge on any atom is -0.478 e. The van der Waals surface area contributed by atoms with Crippen molar-refractivity contribution in [2.75, 3.05) is 6.61 Å². The van der Waals surface area contributed by atoms with Gasteiger partial charge in [-0.05, 0) is 24.3 Å². The second kappa shape index (κ2) is 6.37. The van der Waals surface area contributed by atoms with E-state index in [-0.39, 0.29) is 11.3 Å². The second-order valence-electron chi connectivity index (χ2n) is 4.64. The first kappa shape index (κ1) is 15.7. The minimum absolute atomic E-state index is 0.0659. The number of benzene rings is 1. The maximum Gasteiger partial charge on any atom is 0.335 e. The van der Waals surface area contributed by atoms with Crippen molar-refractivity contribution >= 4 is 5.97 Å². The fourth-order valence-electron chi connectivity index (χ4n) is 1.97. The molecule has 0 amide bonds. The topological polar surface area (TPSA) is 137 Å². The maximum absolute atomic E-state index is 10.7. The van der Waals surface area contributed by atoms with E-state index in [1.165, 1.54) is 24.3 Å². The fourth-order valence-corrected chi connectivity index (χ4v) is 1.97. The maximum atomic E-state index is 10.7. The third-order valence-corrected chi connectivity index (χ3v) is 3.20. The van der Waals surface area contributed by atoms with E-state index < -0.39 is 43.3 Å². The summed E-state index contributed by atoms with van der Waals surface area (Å²) in [4.78, 5) is 10.7. The average molecular weight is 300 g/mol. The van der Waals surface area contributed by atoms with Crippen LogP contribution < -0.4 is 4.74 Å². The van der Waals surface area contributed by atoms with E-state index in [9.17, 15) is 20.1 Å². The van der Waals surface area contributed by atoms with Gasteiger partial charge in [-0.3, -0.25) is 0 Å². The number of rotatable bonds is 4. The van der Waals surface area contributed by atoms with Crippen molar-refractivity contribution in [1.82, 2.24) is 0 Å². The van der Waals surface area contributed by atoms with Crippen molar-refractivity contribution in [2.45, 2.75) is 30.7 Å². The molecule has 1 saturated heterocycles. The number of ether oxygens (including phenoxy) is 2. The highest BCUT2D eigenvalue weighted by molar-refractivity contribution is 5.87. The van der Waals surface area contributed by atoms with Crippen molar-refractivity contribution in [2.24, 2.45) is 0 Å². The molecular weight excluding hydrogens is 284 g/mol. The molecule has 0 spiro atoms. The predicted molar refractivity (Wildman–Crippen MR) is 67.8 cm³/mol. The molecule has 1 heterocycles. The fraction of sp³-hybridized carbons (Fsp3) is 0.462. The molecule has 5 N–H and O–H groups in total. The molecule has 8 nitrogen and oxygen atoms in total. The van der Waals surface area contributed by atoms with Crippen LogP contribution in [0.15, 0.2) is 24.3 Å². The molecule has 0 unspecified atom stereocenters. The molecule has 0 aromatic heterocycles. The van der Waals surface area contributed by atoms with Gasteiger partial charge in [-0.25, -0.2) is 4.79 Å². The van der Waals surface area contributed by atoms with Crippen molar-refractivity contribution in [1.29, 1.82) is 0 Å². The first-order chi connectivity index (χ1) is 9.93. The summed E-state index contributed by atoms with van der Waals surface area (Å²) in [6.07, 6.45) is -6.86. The first-order valence-electron chi connectivity index (χ1n) is 6.24. The van der Waals surface area contributed by atoms with Crippen molar-refractivity contribution in [3.63, 3.8) is 0 Å². The number of hydrogen-bond acceptors (Lipinski definition) is 7. The van der Waals surface area contributed by atoms with Crippen LogP contribution in [0.3, 0.4) is 0 Å². The molecule has 0 saturated carbocycles. The highest BCUT2D eigenvalue weighted by atomic mass is 16.7. The lowest BCUT2D eigenvalue weighted by atomic mass is 9.99. The van der Waals surface area contributed by atoms with Crippen LogP contribution in [-0.4, -0.2) is 68.8 Å². The summed E-state index contributed by atoms with van der Waals surface area (Å²) >= 11 is 0. The van der Waals surface area contributed by atoms with Crippen molar-refractivity contribution < 1.29 is 39.8 Å². The van der Waals surface area contributed by atoms with E-state index in [0.29, 0.717) is 0 Å². The Labute approximate surface area is 119 Å². The van der Waals surface area contributed by atoms with E-state index in [1.54, 1.807) is 0 Å². The highest BCUT2D eigenvalue weighted by Crippen LogP contribution is 2.24. The second-order valence-corrected chi connectivity index (χ2v) is 4.64. The molecule has 0 bridgehead atoms. The van der Waals surface area contributed by atoms with Gasteiger partial charge < -0.3 is 35.0 Å². The van der Waals surface area contributed by atoms with E-state index in [2.05, 4.69) is 0 Å². The number of aliphatic hydroxyl groups is 4. The van der Waals surface area contributed by atoms with Crippen LogP contribution >= 0.6 is 0 Å². The van der Waals surface area contributed by atoms with Gasteiger partial charge in [0.1, 0.15) is 30.2 Å². The predicted octanol–water partition coefficient (Wildman–Crippen LogP) is -1.44. The molecule has 1 aliphatic rings. The molecule has 1 fully saturated rings. The van der Waals surface area contributed by atoms with Gasteiger partial charge in [0.2, 0.25) is 6.29 Å². The summed E-state index contributed by atoms with van der Waals surface area (Å²) < 4.78 is 10.5. The molecule has 116 valence electrons. The Kier molecular flexibility index (Phi) is 4.76. The number of hydrogen-bond donors (Lipinski definition) is 5. The van der Waals surface area contributed by atoms with Gasteiger partial charge in [0.25, 0.3) is 0 Å². The van der Waals surface area contributed by atoms with E-state index in [1.807, 2.05) is 0 Å². The minimum atomic E-state index is -1.53. The zero-order valence-corrected chi connectivity index (χ0v) is 10.9. The molecular formula is C13H16O8. The SMILES string of the molecule is O=C(O)c1ccc(O[C@@H]2O[C@@H](CO)[C@@H](O)[C@@H](O)[C@@H]2O)cc1. The van der Waals surface area contributed by atoms with Crippen LogP contribution in [0.1, 0.15) is 10.4 Å². The lowest BCUT2D eigenvalue weighted by Crippen LogP contribution is -2.60. The molecule has 5 atom stereocenters. The van der Waals surface area contributed by atoms with E-state index in [0.717, 1.165) is 0 Å². The van der Waals surface area contributed by atoms with Gasteiger partial charge in [0.05, 0.1) is 12.2 Å². The lowest BCUT2D eigenvalue weighted by Gasteiger charge is -2.39. The Balaban J connectivity index is 2.08. The first-order valence-corrected chi connectivity index (χ1v) is 6.24. The summed E-state index contributed by atoms with van der Waals surface area (Å²) in [5, 5.41) is 46.9. The Hall–Kier alpha value is -1.71. The molecule has 0 aliphatic carbocycles. The zero-order valence-electron chi connectivity index (χ0n) is 10.9. The van der Waals surface area contributed by atoms with Crippen LogP contribution in [0.2, 0.25) is 0 Å². The molecule has 8 heteroatoms. The highest BCUT2D eigenvalue weighted by Gasteiger charge is 2.44. The number of carboxylic acids is 1. The summed E-state index contributed by atoms with van der Waals surface area (Å²) in [5.41, 5.74) is 0.0659. The van der Waals surface area contributed by atoms with Crippen molar-refractivity contribution in [3.05, 3.63) is 29.8 Å². The van der Waals surface area contributed by atoms with Crippen LogP contribution in [-0.2, 0) is 4.74 Å². The Morgan fingerprint density at radius 3 is 2.24 bits per heavy atom. The molecule has 1 aliphatic heterocycles. The summed E-state index contributed by atoms with van der Waals surface area (Å²) in [6.45, 7) is -0.553. The Morgan fingerprint density at radius 1 is 1.10 bits per heavy atom. The third kappa shape index (κ3) is 3.31. The summed E-state index contributed by atoms with van der Waals surface area (Å²) in [6, 6.07) is 5.35. The van der Waals surface area contributed by atoms with Crippen LogP contribution in [0.5, 0.6) is 5.75 Å². The summed E-state index contributed by atoms with van der Waals surface area (Å²) in [7, 11) is 0. The standard InChI is InChI=1S/C13H16O8/c14-5-8-9(15)10(16)11(17)13(21-8)20-7-3-1-6(2-4-7)12(18)19/h1-4,8-11,13-17H,5H2,(H,18,19)/t8-,9+,10+,11-,13+/m0/s1. The van der Waals surface area contributed by atoms with Gasteiger partial charge in [-0.15, -0.1) is 0 Å². The van der Waals surface area contributed by atoms with Crippen LogP contribution in [0.4, 0.5) is 0 Å². The van der Waals surface area contributed by atoms with Gasteiger partial charge in [-0.2, -0.15) is 0 Å². The van der Waals surface area contributed by atoms with Gasteiger partial charge in [-0.1, -0.05) is 0 Å². The number of carbonyl (C=O) groups is 1. The molecule has 2 rings (SSSR count). The van der Waals surface area contributed by atoms with Gasteiger partial charge in [0, 0.05) is 0 Å². The monoisotopic (exact) mass is 300 g/mol. The van der Waals surface area contributed by atoms with Gasteiger partial charge in [0.15, 0.2) is 0 Å². The quantitative estimate of drug-likeness (QED) is 0.456. The normalized spacial score (nSPS) is 32.7. The van der Waals surface area contributed by atoms with Crippen molar-refractivity contribution in [3.8, 4) is 5.75 Å². The van der Waals surface area contributed by atoms with Crippen LogP contribution in [0.25, 0.3) is 0 Å². The Morgan fingerprint density at radius 2 is 1.71 bits per heavy atom. The third-order valence-electron chi connectivity index (χ3n) is 3.20. The largest absolute Gasteiger partial charge is 0.478 e. The molecule has 0 radical (unpaired) electrons. The number of aromatic carboxylic acids is 1. The Bertz CT molecular complexity index is 485. The average Bonchev–Trinajstić information content (AvgIpc) is 2.48. The molecule has 1 aromatic rings. The van der Waals surface area contributed by atoms with E-state index in [4.69, 9.17) is 19.7 Å². The molecule has 21 heavy (non-hydrogen) atoms. The number of carboxylic acid groups (broad SMARTS) is 1. The lowest BCUT2D eigenvalue weighted by molar-refractivity contribution is -0.277. The molecule has 1 aromatic carbocycles. The summed E-state index contributed by atoms with van der Waals surface area (Å²) in [5.74, 6) is -0.876. The van der Waals surface area contributed by atoms with Gasteiger partial charge >= 0.3 is 5.97 Å². The smallest absolute Gasteiger partial charge is 0.335 e. The van der Waals surface area contributed by atoms with E-state index >= 15 is 0 Å². The number of aliphatic hydroxyl groups excluding tert-OH is 4. The zero-order chi connectivity index (χ0) is 15.6. The van der Waals surface area contributed by atoms with Crippen LogP contribution in [0, 0.1) is 0 Å².